The molecule has 20 heavy (non-hydrogen) atoms. The standard InChI is InChI=1S/C14H24N2O4/c1-13(20)7-9-16(10-8-13)12(19)15-14(11(17)18)5-3-2-4-6-14/h20H,2-10H2,1H3,(H,15,19)(H,17,18). The molecule has 0 bridgehead atoms. The largest absolute Gasteiger partial charge is 0.480 e. The number of likely N-dealkylation sites (tertiary alicyclic amines) is 1. The second kappa shape index (κ2) is 5.60. The van der Waals surface area contributed by atoms with Crippen LogP contribution in [0.4, 0.5) is 4.79 Å². The summed E-state index contributed by atoms with van der Waals surface area (Å²) in [5.74, 6) is -0.936. The first kappa shape index (κ1) is 15.1. The molecular weight excluding hydrogens is 260 g/mol. The Bertz CT molecular complexity index is 379. The molecule has 6 heteroatoms. The van der Waals surface area contributed by atoms with Crippen molar-refractivity contribution in [3.8, 4) is 0 Å². The minimum atomic E-state index is -1.10. The highest BCUT2D eigenvalue weighted by atomic mass is 16.4. The number of nitrogens with one attached hydrogen (secondary N) is 1. The van der Waals surface area contributed by atoms with Gasteiger partial charge < -0.3 is 20.4 Å². The average Bonchev–Trinajstić information content (AvgIpc) is 2.39. The third kappa shape index (κ3) is 3.23. The van der Waals surface area contributed by atoms with Crippen molar-refractivity contribution in [2.45, 2.75) is 63.0 Å². The van der Waals surface area contributed by atoms with Crippen molar-refractivity contribution >= 4 is 12.0 Å². The number of carboxylic acids is 1. The van der Waals surface area contributed by atoms with Crippen molar-refractivity contribution in [2.75, 3.05) is 13.1 Å². The Morgan fingerprint density at radius 1 is 1.05 bits per heavy atom. The number of carboxylic acid groups (broad SMARTS) is 1. The highest BCUT2D eigenvalue weighted by Gasteiger charge is 2.42. The van der Waals surface area contributed by atoms with E-state index in [9.17, 15) is 19.8 Å². The Morgan fingerprint density at radius 2 is 1.60 bits per heavy atom. The van der Waals surface area contributed by atoms with Crippen LogP contribution >= 0.6 is 0 Å². The summed E-state index contributed by atoms with van der Waals surface area (Å²) in [6.45, 7) is 2.70. The van der Waals surface area contributed by atoms with E-state index < -0.39 is 17.1 Å². The molecule has 2 aliphatic rings. The van der Waals surface area contributed by atoms with E-state index in [2.05, 4.69) is 5.32 Å². The van der Waals surface area contributed by atoms with Gasteiger partial charge in [-0.1, -0.05) is 19.3 Å². The summed E-state index contributed by atoms with van der Waals surface area (Å²) in [4.78, 5) is 25.4. The molecule has 2 rings (SSSR count). The summed E-state index contributed by atoms with van der Waals surface area (Å²) in [5, 5.41) is 22.1. The van der Waals surface area contributed by atoms with E-state index in [-0.39, 0.29) is 6.03 Å². The molecule has 0 radical (unpaired) electrons. The number of rotatable bonds is 2. The topological polar surface area (TPSA) is 89.9 Å². The Morgan fingerprint density at radius 3 is 2.10 bits per heavy atom. The molecule has 0 spiro atoms. The predicted molar refractivity (Wildman–Crippen MR) is 73.4 cm³/mol. The third-order valence-electron chi connectivity index (χ3n) is 4.59. The maximum Gasteiger partial charge on any atom is 0.329 e. The molecule has 1 saturated heterocycles. The number of amides is 2. The number of carbonyl (C=O) groups is 2. The Hall–Kier alpha value is -1.30. The second-order valence-electron chi connectivity index (χ2n) is 6.36. The minimum Gasteiger partial charge on any atom is -0.480 e. The number of hydrogen-bond donors (Lipinski definition) is 3. The van der Waals surface area contributed by atoms with Crippen LogP contribution in [0.15, 0.2) is 0 Å². The number of aliphatic carboxylic acids is 1. The quantitative estimate of drug-likeness (QED) is 0.713. The smallest absolute Gasteiger partial charge is 0.329 e. The first-order chi connectivity index (χ1) is 9.35. The first-order valence-corrected chi connectivity index (χ1v) is 7.38. The van der Waals surface area contributed by atoms with Crippen molar-refractivity contribution in [3.05, 3.63) is 0 Å². The molecule has 0 atom stereocenters. The molecule has 114 valence electrons. The van der Waals surface area contributed by atoms with Crippen LogP contribution in [-0.2, 0) is 4.79 Å². The van der Waals surface area contributed by atoms with E-state index >= 15 is 0 Å². The first-order valence-electron chi connectivity index (χ1n) is 7.38. The van der Waals surface area contributed by atoms with E-state index in [1.54, 1.807) is 11.8 Å². The molecule has 1 heterocycles. The van der Waals surface area contributed by atoms with Crippen molar-refractivity contribution in [1.29, 1.82) is 0 Å². The molecule has 3 N–H and O–H groups in total. The molecule has 0 aromatic rings. The van der Waals surface area contributed by atoms with Crippen molar-refractivity contribution < 1.29 is 19.8 Å². The molecule has 1 aliphatic heterocycles. The molecule has 0 unspecified atom stereocenters. The summed E-state index contributed by atoms with van der Waals surface area (Å²) in [6, 6.07) is -0.315. The third-order valence-corrected chi connectivity index (χ3v) is 4.59. The molecule has 0 aromatic carbocycles. The zero-order valence-electron chi connectivity index (χ0n) is 12.0. The van der Waals surface area contributed by atoms with Gasteiger partial charge in [0.2, 0.25) is 0 Å². The highest BCUT2D eigenvalue weighted by molar-refractivity contribution is 5.86. The Kier molecular flexibility index (Phi) is 4.22. The molecule has 1 saturated carbocycles. The number of carbonyl (C=O) groups excluding carboxylic acids is 1. The van der Waals surface area contributed by atoms with Gasteiger partial charge >= 0.3 is 12.0 Å². The van der Waals surface area contributed by atoms with Gasteiger partial charge in [-0.25, -0.2) is 9.59 Å². The second-order valence-corrected chi connectivity index (χ2v) is 6.36. The lowest BCUT2D eigenvalue weighted by Crippen LogP contribution is -2.60. The van der Waals surface area contributed by atoms with Crippen LogP contribution in [0.1, 0.15) is 51.9 Å². The van der Waals surface area contributed by atoms with E-state index in [4.69, 9.17) is 0 Å². The highest BCUT2D eigenvalue weighted by Crippen LogP contribution is 2.29. The SMILES string of the molecule is CC1(O)CCN(C(=O)NC2(C(=O)O)CCCCC2)CC1. The van der Waals surface area contributed by atoms with Gasteiger partial charge in [0.25, 0.3) is 0 Å². The van der Waals surface area contributed by atoms with Crippen LogP contribution in [0, 0.1) is 0 Å². The van der Waals surface area contributed by atoms with Crippen LogP contribution in [0.5, 0.6) is 0 Å². The molecule has 1 aliphatic carbocycles. The number of piperidine rings is 1. The fourth-order valence-corrected chi connectivity index (χ4v) is 3.02. The van der Waals surface area contributed by atoms with Gasteiger partial charge in [-0.3, -0.25) is 0 Å². The molecule has 2 amide bonds. The van der Waals surface area contributed by atoms with Gasteiger partial charge in [0, 0.05) is 13.1 Å². The van der Waals surface area contributed by atoms with Crippen molar-refractivity contribution in [1.82, 2.24) is 10.2 Å². The Balaban J connectivity index is 1.97. The van der Waals surface area contributed by atoms with Crippen LogP contribution < -0.4 is 5.32 Å². The van der Waals surface area contributed by atoms with Crippen LogP contribution in [-0.4, -0.2) is 51.3 Å². The molecule has 2 fully saturated rings. The van der Waals surface area contributed by atoms with Crippen LogP contribution in [0.2, 0.25) is 0 Å². The predicted octanol–water partition coefficient (Wildman–Crippen LogP) is 1.33. The fourth-order valence-electron chi connectivity index (χ4n) is 3.02. The monoisotopic (exact) mass is 284 g/mol. The lowest BCUT2D eigenvalue weighted by atomic mass is 9.82. The van der Waals surface area contributed by atoms with E-state index in [1.807, 2.05) is 0 Å². The number of nitrogens with zero attached hydrogens (tertiary/aromatic N) is 1. The van der Waals surface area contributed by atoms with Crippen LogP contribution in [0.25, 0.3) is 0 Å². The normalized spacial score (nSPS) is 25.0. The number of hydrogen-bond acceptors (Lipinski definition) is 3. The van der Waals surface area contributed by atoms with Crippen molar-refractivity contribution in [2.24, 2.45) is 0 Å². The van der Waals surface area contributed by atoms with E-state index in [1.165, 1.54) is 0 Å². The van der Waals surface area contributed by atoms with Gasteiger partial charge in [0.15, 0.2) is 0 Å². The molecular formula is C14H24N2O4. The lowest BCUT2D eigenvalue weighted by molar-refractivity contribution is -0.146. The van der Waals surface area contributed by atoms with Gasteiger partial charge in [0.05, 0.1) is 5.60 Å². The zero-order valence-corrected chi connectivity index (χ0v) is 12.0. The molecule has 6 nitrogen and oxygen atoms in total. The van der Waals surface area contributed by atoms with Gasteiger partial charge in [-0.2, -0.15) is 0 Å². The van der Waals surface area contributed by atoms with Gasteiger partial charge in [-0.05, 0) is 32.6 Å². The summed E-state index contributed by atoms with van der Waals surface area (Å²) in [7, 11) is 0. The summed E-state index contributed by atoms with van der Waals surface area (Å²) in [6.07, 6.45) is 4.75. The number of urea groups is 1. The van der Waals surface area contributed by atoms with E-state index in [0.717, 1.165) is 19.3 Å². The number of aliphatic hydroxyl groups is 1. The lowest BCUT2D eigenvalue weighted by Gasteiger charge is -2.39. The minimum absolute atomic E-state index is 0.315. The summed E-state index contributed by atoms with van der Waals surface area (Å²) < 4.78 is 0. The zero-order chi connectivity index (χ0) is 14.8. The van der Waals surface area contributed by atoms with Crippen LogP contribution in [0.3, 0.4) is 0 Å². The summed E-state index contributed by atoms with van der Waals surface area (Å²) in [5.41, 5.74) is -1.82. The fraction of sp³-hybridized carbons (Fsp3) is 0.857. The van der Waals surface area contributed by atoms with Gasteiger partial charge in [-0.15, -0.1) is 0 Å². The molecule has 0 aromatic heterocycles. The summed E-state index contributed by atoms with van der Waals surface area (Å²) >= 11 is 0. The average molecular weight is 284 g/mol. The van der Waals surface area contributed by atoms with E-state index in [0.29, 0.717) is 38.8 Å². The Labute approximate surface area is 119 Å². The maximum atomic E-state index is 12.3. The maximum absolute atomic E-state index is 12.3. The van der Waals surface area contributed by atoms with Crippen molar-refractivity contribution in [3.63, 3.8) is 0 Å². The van der Waals surface area contributed by atoms with Gasteiger partial charge in [0.1, 0.15) is 5.54 Å².